The highest BCUT2D eigenvalue weighted by Crippen LogP contribution is 2.58. The molecule has 1 unspecified atom stereocenters. The molecule has 222 valence electrons. The number of non-ortho nitro benzene ring substituents is 1. The number of ether oxygens (including phenoxy) is 2. The van der Waals surface area contributed by atoms with E-state index in [9.17, 15) is 24.5 Å². The minimum atomic E-state index is -1.35. The van der Waals surface area contributed by atoms with Gasteiger partial charge in [-0.2, -0.15) is 0 Å². The maximum absolute atomic E-state index is 13.7. The maximum atomic E-state index is 13.7. The molecule has 6 rings (SSSR count). The van der Waals surface area contributed by atoms with E-state index in [0.29, 0.717) is 24.3 Å². The Morgan fingerprint density at radius 1 is 1.16 bits per heavy atom. The summed E-state index contributed by atoms with van der Waals surface area (Å²) in [6.07, 6.45) is 0.796. The molecule has 0 aliphatic carbocycles. The highest BCUT2D eigenvalue weighted by atomic mass is 79.9. The Morgan fingerprint density at radius 3 is 2.60 bits per heavy atom. The molecule has 3 aliphatic rings. The molecule has 0 spiro atoms. The van der Waals surface area contributed by atoms with Crippen LogP contribution in [0.3, 0.4) is 0 Å². The smallest absolute Gasteiger partial charge is 0.355 e. The van der Waals surface area contributed by atoms with Gasteiger partial charge in [-0.3, -0.25) is 29.5 Å². The lowest BCUT2D eigenvalue weighted by Gasteiger charge is -2.51. The van der Waals surface area contributed by atoms with Crippen molar-refractivity contribution in [1.82, 2.24) is 19.4 Å². The van der Waals surface area contributed by atoms with Crippen LogP contribution in [0.4, 0.5) is 5.69 Å². The van der Waals surface area contributed by atoms with Crippen LogP contribution >= 0.6 is 27.7 Å². The fourth-order valence-electron chi connectivity index (χ4n) is 5.38. The summed E-state index contributed by atoms with van der Waals surface area (Å²) in [5.41, 5.74) is 2.21. The average Bonchev–Trinajstić information content (AvgIpc) is 3.62. The summed E-state index contributed by atoms with van der Waals surface area (Å²) in [7, 11) is 0. The van der Waals surface area contributed by atoms with Crippen LogP contribution in [-0.2, 0) is 50.1 Å². The van der Waals surface area contributed by atoms with E-state index in [-0.39, 0.29) is 18.0 Å². The third-order valence-corrected chi connectivity index (χ3v) is 10.2. The predicted octanol–water partition coefficient (Wildman–Crippen LogP) is 4.04. The first-order chi connectivity index (χ1) is 20.6. The van der Waals surface area contributed by atoms with Crippen LogP contribution in [0.1, 0.15) is 35.7 Å². The number of fused-ring (bicyclic) bond motifs is 2. The zero-order valence-corrected chi connectivity index (χ0v) is 25.3. The molecule has 14 heteroatoms. The van der Waals surface area contributed by atoms with E-state index in [0.717, 1.165) is 18.9 Å². The van der Waals surface area contributed by atoms with Crippen molar-refractivity contribution >= 4 is 51.2 Å². The number of alkyl halides is 1. The van der Waals surface area contributed by atoms with Gasteiger partial charge in [-0.25, -0.2) is 9.78 Å². The molecular formula is C29H26BrN5O7S. The van der Waals surface area contributed by atoms with Gasteiger partial charge in [-0.05, 0) is 23.3 Å². The normalized spacial score (nSPS) is 21.7. The fraction of sp³-hybridized carbons (Fsp3) is 0.310. The molecule has 0 saturated carbocycles. The minimum Gasteiger partial charge on any atom is -0.456 e. The zero-order chi connectivity index (χ0) is 30.3. The van der Waals surface area contributed by atoms with Gasteiger partial charge in [0, 0.05) is 50.3 Å². The molecule has 1 amide bonds. The molecule has 1 aromatic heterocycles. The first-order valence-corrected chi connectivity index (χ1v) is 15.2. The second kappa shape index (κ2) is 11.6. The van der Waals surface area contributed by atoms with Crippen molar-refractivity contribution in [2.24, 2.45) is 0 Å². The first-order valence-electron chi connectivity index (χ1n) is 13.4. The summed E-state index contributed by atoms with van der Waals surface area (Å²) in [5.74, 6) is -0.924. The van der Waals surface area contributed by atoms with Gasteiger partial charge in [0.25, 0.3) is 11.6 Å². The molecule has 1 saturated heterocycles. The van der Waals surface area contributed by atoms with Crippen LogP contribution in [0.25, 0.3) is 0 Å². The number of nitro groups is 1. The van der Waals surface area contributed by atoms with Crippen molar-refractivity contribution < 1.29 is 28.8 Å². The molecule has 43 heavy (non-hydrogen) atoms. The van der Waals surface area contributed by atoms with Crippen LogP contribution < -0.4 is 0 Å². The molecule has 3 aromatic rings. The van der Waals surface area contributed by atoms with Crippen molar-refractivity contribution in [3.8, 4) is 0 Å². The lowest BCUT2D eigenvalue weighted by Crippen LogP contribution is -2.70. The molecule has 0 radical (unpaired) electrons. The predicted molar refractivity (Wildman–Crippen MR) is 158 cm³/mol. The number of carbonyl (C=O) groups is 3. The summed E-state index contributed by atoms with van der Waals surface area (Å²) in [5, 5.41) is 11.8. The van der Waals surface area contributed by atoms with E-state index in [2.05, 4.69) is 33.0 Å². The average molecular weight is 669 g/mol. The number of amides is 1. The van der Waals surface area contributed by atoms with Crippen LogP contribution in [0, 0.1) is 10.1 Å². The molecule has 0 bridgehead atoms. The second-order valence-electron chi connectivity index (χ2n) is 10.4. The Balaban J connectivity index is 1.15. The van der Waals surface area contributed by atoms with Crippen LogP contribution in [0.15, 0.2) is 71.9 Å². The van der Waals surface area contributed by atoms with E-state index in [1.54, 1.807) is 5.41 Å². The van der Waals surface area contributed by atoms with Crippen molar-refractivity contribution in [2.75, 3.05) is 6.54 Å². The topological polar surface area (TPSA) is 137 Å². The number of β-lactam (4-membered cyclic amide) rings is 1. The number of hydrogen-bond acceptors (Lipinski definition) is 10. The summed E-state index contributed by atoms with van der Waals surface area (Å²) in [6, 6.07) is 15.8. The highest BCUT2D eigenvalue weighted by Gasteiger charge is 2.69. The van der Waals surface area contributed by atoms with Crippen molar-refractivity contribution in [3.63, 3.8) is 0 Å². The van der Waals surface area contributed by atoms with Crippen molar-refractivity contribution in [1.29, 1.82) is 0 Å². The quantitative estimate of drug-likeness (QED) is 0.108. The highest BCUT2D eigenvalue weighted by molar-refractivity contribution is 9.10. The molecule has 12 nitrogen and oxygen atoms in total. The number of thioether (sulfide) groups is 1. The lowest BCUT2D eigenvalue weighted by molar-refractivity contribution is -0.384. The molecule has 1 fully saturated rings. The number of nitro benzene ring substituents is 1. The number of imidazole rings is 1. The number of benzene rings is 2. The zero-order valence-electron chi connectivity index (χ0n) is 22.9. The monoisotopic (exact) mass is 667 g/mol. The fourth-order valence-corrected chi connectivity index (χ4v) is 7.65. The maximum Gasteiger partial charge on any atom is 0.355 e. The van der Waals surface area contributed by atoms with Gasteiger partial charge in [-0.15, -0.1) is 11.8 Å². The van der Waals surface area contributed by atoms with Gasteiger partial charge in [0.1, 0.15) is 29.2 Å². The standard InChI is InChI=1S/C29H26BrN5O7S/c1-18(36)42-25(22-14-33-12-11-32(15-24(33)31-22)13-19-5-3-2-4-6-19)29(30)27(38)34-23(17-43-28(29)34)26(37)41-16-20-7-9-21(10-8-20)35(39)40/h2-10,14,17,25,28H,11-13,15-16H2,1H3/t25?,28-,29-/m0/s1. The number of halogens is 1. The molecule has 0 N–H and O–H groups in total. The van der Waals surface area contributed by atoms with Gasteiger partial charge in [-0.1, -0.05) is 46.3 Å². The van der Waals surface area contributed by atoms with E-state index < -0.39 is 38.6 Å². The molecule has 3 atom stereocenters. The van der Waals surface area contributed by atoms with Crippen LogP contribution in [0.5, 0.6) is 0 Å². The number of aromatic nitrogens is 2. The molecule has 2 aromatic carbocycles. The van der Waals surface area contributed by atoms with Crippen molar-refractivity contribution in [3.05, 3.63) is 105 Å². The van der Waals surface area contributed by atoms with Crippen molar-refractivity contribution in [2.45, 2.75) is 49.0 Å². The van der Waals surface area contributed by atoms with E-state index in [1.165, 1.54) is 53.4 Å². The lowest BCUT2D eigenvalue weighted by atomic mass is 9.89. The SMILES string of the molecule is CC(=O)OC(c1cn2c(n1)CN(Cc1ccccc1)CC2)[C@]1(Br)C(=O)N2C(C(=O)OCc3ccc([N+](=O)[O-])cc3)=CS[C@H]21. The number of carbonyl (C=O) groups excluding carboxylic acids is 3. The largest absolute Gasteiger partial charge is 0.456 e. The molecule has 4 heterocycles. The number of nitrogens with zero attached hydrogens (tertiary/aromatic N) is 5. The van der Waals surface area contributed by atoms with E-state index in [1.807, 2.05) is 29.0 Å². The van der Waals surface area contributed by atoms with Gasteiger partial charge < -0.3 is 14.0 Å². The molecule has 3 aliphatic heterocycles. The Kier molecular flexibility index (Phi) is 7.83. The second-order valence-corrected chi connectivity index (χ2v) is 12.7. The Morgan fingerprint density at radius 2 is 1.91 bits per heavy atom. The van der Waals surface area contributed by atoms with E-state index >= 15 is 0 Å². The van der Waals surface area contributed by atoms with Crippen LogP contribution in [-0.4, -0.2) is 58.4 Å². The van der Waals surface area contributed by atoms with Crippen LogP contribution in [0.2, 0.25) is 0 Å². The Labute approximate surface area is 258 Å². The van der Waals surface area contributed by atoms with Gasteiger partial charge >= 0.3 is 11.9 Å². The Bertz CT molecular complexity index is 1630. The van der Waals surface area contributed by atoms with Gasteiger partial charge in [0.15, 0.2) is 10.4 Å². The summed E-state index contributed by atoms with van der Waals surface area (Å²) < 4.78 is 11.8. The molecular weight excluding hydrogens is 642 g/mol. The minimum absolute atomic E-state index is 0.0688. The van der Waals surface area contributed by atoms with E-state index in [4.69, 9.17) is 14.5 Å². The number of rotatable bonds is 9. The number of hydrogen-bond donors (Lipinski definition) is 0. The summed E-state index contributed by atoms with van der Waals surface area (Å²) in [4.78, 5) is 57.6. The summed E-state index contributed by atoms with van der Waals surface area (Å²) >= 11 is 4.84. The first kappa shape index (κ1) is 29.1. The number of esters is 2. The van der Waals surface area contributed by atoms with Gasteiger partial charge in [0.2, 0.25) is 0 Å². The summed E-state index contributed by atoms with van der Waals surface area (Å²) in [6.45, 7) is 4.05. The third kappa shape index (κ3) is 5.45. The Hall–Kier alpha value is -4.01. The third-order valence-electron chi connectivity index (χ3n) is 7.52. The van der Waals surface area contributed by atoms with Gasteiger partial charge in [0.05, 0.1) is 11.5 Å².